The Balaban J connectivity index is 1.71. The number of aromatic nitrogens is 1. The molecule has 1 aromatic carbocycles. The molecule has 0 spiro atoms. The van der Waals surface area contributed by atoms with Crippen molar-refractivity contribution in [2.24, 2.45) is 0 Å². The fraction of sp³-hybridized carbons (Fsp3) is 0.467. The van der Waals surface area contributed by atoms with Gasteiger partial charge in [0.15, 0.2) is 5.13 Å². The maximum Gasteiger partial charge on any atom is 0.251 e. The van der Waals surface area contributed by atoms with Gasteiger partial charge in [-0.25, -0.2) is 4.98 Å². The van der Waals surface area contributed by atoms with Crippen LogP contribution < -0.4 is 11.1 Å². The van der Waals surface area contributed by atoms with Crippen molar-refractivity contribution < 1.29 is 4.79 Å². The van der Waals surface area contributed by atoms with E-state index in [1.165, 1.54) is 24.2 Å². The zero-order chi connectivity index (χ0) is 14.8. The van der Waals surface area contributed by atoms with Crippen molar-refractivity contribution in [1.82, 2.24) is 10.3 Å². The molecule has 1 heterocycles. The van der Waals surface area contributed by atoms with Gasteiger partial charge in [0, 0.05) is 16.9 Å². The SMILES string of the molecule is CSC1CCCC(NC(=O)c2ccc3nc(N)sc3c2)C1. The quantitative estimate of drug-likeness (QED) is 0.910. The highest BCUT2D eigenvalue weighted by atomic mass is 32.2. The number of carbonyl (C=O) groups is 1. The Bertz CT molecular complexity index is 655. The number of nitrogens with two attached hydrogens (primary N) is 1. The predicted molar refractivity (Wildman–Crippen MR) is 91.1 cm³/mol. The lowest BCUT2D eigenvalue weighted by Gasteiger charge is -2.28. The van der Waals surface area contributed by atoms with E-state index in [9.17, 15) is 4.79 Å². The average molecular weight is 321 g/mol. The molecule has 21 heavy (non-hydrogen) atoms. The van der Waals surface area contributed by atoms with Crippen LogP contribution in [-0.2, 0) is 0 Å². The summed E-state index contributed by atoms with van der Waals surface area (Å²) < 4.78 is 0.964. The second kappa shape index (κ2) is 6.23. The second-order valence-electron chi connectivity index (χ2n) is 5.43. The first-order valence-corrected chi connectivity index (χ1v) is 9.26. The lowest BCUT2D eigenvalue weighted by atomic mass is 9.94. The van der Waals surface area contributed by atoms with E-state index >= 15 is 0 Å². The number of hydrogen-bond donors (Lipinski definition) is 2. The first-order chi connectivity index (χ1) is 10.2. The van der Waals surface area contributed by atoms with Crippen LogP contribution in [0.1, 0.15) is 36.0 Å². The molecule has 2 unspecified atom stereocenters. The van der Waals surface area contributed by atoms with Crippen LogP contribution in [0.2, 0.25) is 0 Å². The zero-order valence-corrected chi connectivity index (χ0v) is 13.6. The number of anilines is 1. The van der Waals surface area contributed by atoms with Crippen molar-refractivity contribution in [2.45, 2.75) is 37.0 Å². The highest BCUT2D eigenvalue weighted by molar-refractivity contribution is 7.99. The molecule has 1 saturated carbocycles. The molecule has 112 valence electrons. The Morgan fingerprint density at radius 3 is 3.14 bits per heavy atom. The van der Waals surface area contributed by atoms with Crippen LogP contribution >= 0.6 is 23.1 Å². The minimum absolute atomic E-state index is 0.00984. The van der Waals surface area contributed by atoms with Crippen LogP contribution in [0.5, 0.6) is 0 Å². The van der Waals surface area contributed by atoms with Gasteiger partial charge in [-0.05, 0) is 43.7 Å². The Morgan fingerprint density at radius 2 is 2.33 bits per heavy atom. The topological polar surface area (TPSA) is 68.0 Å². The Hall–Kier alpha value is -1.27. The molecule has 0 bridgehead atoms. The molecule has 0 radical (unpaired) electrons. The monoisotopic (exact) mass is 321 g/mol. The van der Waals surface area contributed by atoms with Gasteiger partial charge < -0.3 is 11.1 Å². The summed E-state index contributed by atoms with van der Waals surface area (Å²) in [6.07, 6.45) is 6.76. The number of nitrogens with zero attached hydrogens (tertiary/aromatic N) is 1. The molecule has 2 atom stereocenters. The second-order valence-corrected chi connectivity index (χ2v) is 7.63. The van der Waals surface area contributed by atoms with E-state index < -0.39 is 0 Å². The number of hydrogen-bond acceptors (Lipinski definition) is 5. The molecule has 2 aromatic rings. The van der Waals surface area contributed by atoms with Crippen molar-refractivity contribution in [3.05, 3.63) is 23.8 Å². The first kappa shape index (κ1) is 14.7. The van der Waals surface area contributed by atoms with E-state index in [1.807, 2.05) is 30.0 Å². The van der Waals surface area contributed by atoms with Crippen LogP contribution in [-0.4, -0.2) is 28.4 Å². The van der Waals surface area contributed by atoms with Crippen molar-refractivity contribution >= 4 is 44.4 Å². The maximum absolute atomic E-state index is 12.4. The van der Waals surface area contributed by atoms with Gasteiger partial charge >= 0.3 is 0 Å². The summed E-state index contributed by atoms with van der Waals surface area (Å²) in [5, 5.41) is 4.39. The molecule has 0 saturated heterocycles. The molecule has 0 aliphatic heterocycles. The molecular weight excluding hydrogens is 302 g/mol. The van der Waals surface area contributed by atoms with Crippen molar-refractivity contribution in [2.75, 3.05) is 12.0 Å². The van der Waals surface area contributed by atoms with Crippen LogP contribution in [0.3, 0.4) is 0 Å². The highest BCUT2D eigenvalue weighted by Gasteiger charge is 2.23. The molecule has 4 nitrogen and oxygen atoms in total. The van der Waals surface area contributed by atoms with E-state index in [1.54, 1.807) is 0 Å². The maximum atomic E-state index is 12.4. The highest BCUT2D eigenvalue weighted by Crippen LogP contribution is 2.28. The van der Waals surface area contributed by atoms with E-state index in [0.29, 0.717) is 22.0 Å². The summed E-state index contributed by atoms with van der Waals surface area (Å²) in [7, 11) is 0. The lowest BCUT2D eigenvalue weighted by Crippen LogP contribution is -2.39. The minimum atomic E-state index is 0.00984. The first-order valence-electron chi connectivity index (χ1n) is 7.15. The summed E-state index contributed by atoms with van der Waals surface area (Å²) in [6, 6.07) is 5.87. The smallest absolute Gasteiger partial charge is 0.251 e. The van der Waals surface area contributed by atoms with Gasteiger partial charge in [-0.2, -0.15) is 11.8 Å². The predicted octanol–water partition coefficient (Wildman–Crippen LogP) is 3.28. The third-order valence-electron chi connectivity index (χ3n) is 3.96. The summed E-state index contributed by atoms with van der Waals surface area (Å²) >= 11 is 3.32. The number of carbonyl (C=O) groups excluding carboxylic acids is 1. The number of rotatable bonds is 3. The molecule has 3 N–H and O–H groups in total. The third kappa shape index (κ3) is 3.32. The van der Waals surface area contributed by atoms with Gasteiger partial charge in [0.1, 0.15) is 0 Å². The molecular formula is C15H19N3OS2. The van der Waals surface area contributed by atoms with Crippen molar-refractivity contribution in [1.29, 1.82) is 0 Å². The van der Waals surface area contributed by atoms with Gasteiger partial charge in [-0.1, -0.05) is 17.8 Å². The van der Waals surface area contributed by atoms with Crippen LogP contribution in [0, 0.1) is 0 Å². The molecule has 1 aromatic heterocycles. The van der Waals surface area contributed by atoms with E-state index in [4.69, 9.17) is 5.73 Å². The number of amides is 1. The minimum Gasteiger partial charge on any atom is -0.375 e. The third-order valence-corrected chi connectivity index (χ3v) is 5.90. The number of nitrogens with one attached hydrogen (secondary N) is 1. The Labute approximate surface area is 132 Å². The average Bonchev–Trinajstić information content (AvgIpc) is 2.86. The van der Waals surface area contributed by atoms with Crippen LogP contribution in [0.4, 0.5) is 5.13 Å². The van der Waals surface area contributed by atoms with Gasteiger partial charge in [-0.3, -0.25) is 4.79 Å². The van der Waals surface area contributed by atoms with Gasteiger partial charge in [-0.15, -0.1) is 0 Å². The molecule has 6 heteroatoms. The van der Waals surface area contributed by atoms with E-state index in [2.05, 4.69) is 16.6 Å². The van der Waals surface area contributed by atoms with E-state index in [0.717, 1.165) is 23.1 Å². The summed E-state index contributed by atoms with van der Waals surface area (Å²) in [5.74, 6) is 0.00984. The number of benzene rings is 1. The Kier molecular flexibility index (Phi) is 4.35. The van der Waals surface area contributed by atoms with Gasteiger partial charge in [0.25, 0.3) is 5.91 Å². The summed E-state index contributed by atoms with van der Waals surface area (Å²) in [4.78, 5) is 16.6. The van der Waals surface area contributed by atoms with Crippen molar-refractivity contribution in [3.63, 3.8) is 0 Å². The number of fused-ring (bicyclic) bond motifs is 1. The molecule has 1 amide bonds. The summed E-state index contributed by atoms with van der Waals surface area (Å²) in [5.41, 5.74) is 7.25. The Morgan fingerprint density at radius 1 is 1.48 bits per heavy atom. The molecule has 1 aliphatic rings. The molecule has 1 fully saturated rings. The normalized spacial score (nSPS) is 22.3. The number of nitrogen functional groups attached to an aromatic ring is 1. The van der Waals surface area contributed by atoms with Crippen molar-refractivity contribution in [3.8, 4) is 0 Å². The largest absolute Gasteiger partial charge is 0.375 e. The summed E-state index contributed by atoms with van der Waals surface area (Å²) in [6.45, 7) is 0. The van der Waals surface area contributed by atoms with E-state index in [-0.39, 0.29) is 5.91 Å². The standard InChI is InChI=1S/C15H19N3OS2/c1-20-11-4-2-3-10(8-11)17-14(19)9-5-6-12-13(7-9)21-15(16)18-12/h5-7,10-11H,2-4,8H2,1H3,(H2,16,18)(H,17,19). The number of thioether (sulfide) groups is 1. The van der Waals surface area contributed by atoms with Gasteiger partial charge in [0.2, 0.25) is 0 Å². The van der Waals surface area contributed by atoms with Crippen LogP contribution in [0.15, 0.2) is 18.2 Å². The lowest BCUT2D eigenvalue weighted by molar-refractivity contribution is 0.0928. The fourth-order valence-corrected chi connectivity index (χ4v) is 4.44. The number of thiazole rings is 1. The zero-order valence-electron chi connectivity index (χ0n) is 12.0. The molecule has 3 rings (SSSR count). The fourth-order valence-electron chi connectivity index (χ4n) is 2.84. The van der Waals surface area contributed by atoms with Gasteiger partial charge in [0.05, 0.1) is 10.2 Å². The van der Waals surface area contributed by atoms with Crippen LogP contribution in [0.25, 0.3) is 10.2 Å². The molecule has 1 aliphatic carbocycles.